The standard InChI is InChI=1S/C15H21NO4/c1-20-15-5-4-13(3-2-8-17)11-14(15)12-16(6-9-18)7-10-19/h4-5,11,17-19H,6-10,12H2,1H3. The average molecular weight is 279 g/mol. The Morgan fingerprint density at radius 2 is 1.85 bits per heavy atom. The molecular formula is C15H21NO4. The summed E-state index contributed by atoms with van der Waals surface area (Å²) in [5.74, 6) is 6.19. The number of hydrogen-bond acceptors (Lipinski definition) is 5. The van der Waals surface area contributed by atoms with Crippen LogP contribution in [-0.4, -0.2) is 60.2 Å². The third-order valence-corrected chi connectivity index (χ3v) is 2.82. The maximum atomic E-state index is 9.03. The van der Waals surface area contributed by atoms with E-state index in [1.165, 1.54) is 0 Å². The molecule has 1 rings (SSSR count). The number of benzene rings is 1. The summed E-state index contributed by atoms with van der Waals surface area (Å²) in [6.07, 6.45) is 0. The Labute approximate surface area is 119 Å². The first-order valence-electron chi connectivity index (χ1n) is 6.45. The second-order valence-electron chi connectivity index (χ2n) is 4.21. The van der Waals surface area contributed by atoms with E-state index < -0.39 is 0 Å². The van der Waals surface area contributed by atoms with E-state index in [1.54, 1.807) is 7.11 Å². The molecule has 1 aromatic carbocycles. The van der Waals surface area contributed by atoms with Gasteiger partial charge in [-0.15, -0.1) is 0 Å². The lowest BCUT2D eigenvalue weighted by Gasteiger charge is -2.21. The summed E-state index contributed by atoms with van der Waals surface area (Å²) in [6.45, 7) is 1.41. The SMILES string of the molecule is COc1ccc(C#CCO)cc1CN(CCO)CCO. The second-order valence-corrected chi connectivity index (χ2v) is 4.21. The van der Waals surface area contributed by atoms with Gasteiger partial charge in [0.1, 0.15) is 12.4 Å². The van der Waals surface area contributed by atoms with E-state index in [4.69, 9.17) is 20.1 Å². The Bertz CT molecular complexity index is 459. The van der Waals surface area contributed by atoms with E-state index in [0.29, 0.717) is 19.6 Å². The van der Waals surface area contributed by atoms with E-state index in [1.807, 2.05) is 23.1 Å². The highest BCUT2D eigenvalue weighted by molar-refractivity contribution is 5.44. The largest absolute Gasteiger partial charge is 0.496 e. The Kier molecular flexibility index (Phi) is 7.70. The van der Waals surface area contributed by atoms with Crippen LogP contribution >= 0.6 is 0 Å². The molecule has 0 saturated heterocycles. The summed E-state index contributed by atoms with van der Waals surface area (Å²) in [6, 6.07) is 5.55. The number of ether oxygens (including phenoxy) is 1. The topological polar surface area (TPSA) is 73.2 Å². The van der Waals surface area contributed by atoms with E-state index >= 15 is 0 Å². The molecule has 0 aliphatic heterocycles. The number of hydrogen-bond donors (Lipinski definition) is 3. The highest BCUT2D eigenvalue weighted by atomic mass is 16.5. The average Bonchev–Trinajstić information content (AvgIpc) is 2.46. The van der Waals surface area contributed by atoms with Gasteiger partial charge in [0, 0.05) is 30.8 Å². The van der Waals surface area contributed by atoms with Crippen LogP contribution in [0.3, 0.4) is 0 Å². The molecule has 0 spiro atoms. The fourth-order valence-corrected chi connectivity index (χ4v) is 1.92. The maximum Gasteiger partial charge on any atom is 0.123 e. The number of nitrogens with zero attached hydrogens (tertiary/aromatic N) is 1. The molecule has 0 saturated carbocycles. The van der Waals surface area contributed by atoms with Crippen LogP contribution in [0, 0.1) is 11.8 Å². The molecule has 0 aromatic heterocycles. The summed E-state index contributed by atoms with van der Waals surface area (Å²) in [5.41, 5.74) is 1.72. The van der Waals surface area contributed by atoms with Gasteiger partial charge in [-0.3, -0.25) is 4.90 Å². The minimum absolute atomic E-state index is 0.0341. The van der Waals surface area contributed by atoms with Gasteiger partial charge in [0.2, 0.25) is 0 Å². The van der Waals surface area contributed by atoms with Gasteiger partial charge in [0.15, 0.2) is 0 Å². The quantitative estimate of drug-likeness (QED) is 0.604. The Morgan fingerprint density at radius 1 is 1.15 bits per heavy atom. The molecule has 20 heavy (non-hydrogen) atoms. The molecule has 3 N–H and O–H groups in total. The number of aliphatic hydroxyl groups excluding tert-OH is 3. The van der Waals surface area contributed by atoms with Crippen molar-refractivity contribution < 1.29 is 20.1 Å². The molecule has 0 bridgehead atoms. The molecule has 0 amide bonds. The van der Waals surface area contributed by atoms with E-state index in [-0.39, 0.29) is 19.8 Å². The van der Waals surface area contributed by atoms with Gasteiger partial charge in [-0.2, -0.15) is 0 Å². The van der Waals surface area contributed by atoms with Gasteiger partial charge >= 0.3 is 0 Å². The van der Waals surface area contributed by atoms with Crippen LogP contribution in [0.15, 0.2) is 18.2 Å². The third kappa shape index (κ3) is 5.19. The van der Waals surface area contributed by atoms with Crippen molar-refractivity contribution in [2.75, 3.05) is 40.0 Å². The molecule has 110 valence electrons. The van der Waals surface area contributed by atoms with E-state index in [9.17, 15) is 0 Å². The summed E-state index contributed by atoms with van der Waals surface area (Å²) in [5, 5.41) is 26.8. The molecule has 5 nitrogen and oxygen atoms in total. The molecule has 0 heterocycles. The first-order chi connectivity index (χ1) is 9.74. The third-order valence-electron chi connectivity index (χ3n) is 2.82. The van der Waals surface area contributed by atoms with Crippen molar-refractivity contribution in [1.82, 2.24) is 4.90 Å². The normalized spacial score (nSPS) is 10.2. The zero-order chi connectivity index (χ0) is 14.8. The van der Waals surface area contributed by atoms with Crippen LogP contribution in [-0.2, 0) is 6.54 Å². The fourth-order valence-electron chi connectivity index (χ4n) is 1.92. The highest BCUT2D eigenvalue weighted by Crippen LogP contribution is 2.21. The lowest BCUT2D eigenvalue weighted by molar-refractivity contribution is 0.155. The predicted molar refractivity (Wildman–Crippen MR) is 76.4 cm³/mol. The highest BCUT2D eigenvalue weighted by Gasteiger charge is 2.09. The van der Waals surface area contributed by atoms with Crippen molar-refractivity contribution in [3.63, 3.8) is 0 Å². The number of rotatable bonds is 7. The van der Waals surface area contributed by atoms with Crippen molar-refractivity contribution in [1.29, 1.82) is 0 Å². The van der Waals surface area contributed by atoms with Crippen LogP contribution < -0.4 is 4.74 Å². The molecule has 0 unspecified atom stereocenters. The van der Waals surface area contributed by atoms with E-state index in [2.05, 4.69) is 11.8 Å². The van der Waals surface area contributed by atoms with Crippen molar-refractivity contribution >= 4 is 0 Å². The smallest absolute Gasteiger partial charge is 0.123 e. The minimum atomic E-state index is -0.178. The summed E-state index contributed by atoms with van der Waals surface area (Å²) >= 11 is 0. The monoisotopic (exact) mass is 279 g/mol. The zero-order valence-corrected chi connectivity index (χ0v) is 11.7. The van der Waals surface area contributed by atoms with Crippen LogP contribution in [0.2, 0.25) is 0 Å². The van der Waals surface area contributed by atoms with Crippen molar-refractivity contribution in [3.8, 4) is 17.6 Å². The lowest BCUT2D eigenvalue weighted by Crippen LogP contribution is -2.29. The number of methoxy groups -OCH3 is 1. The van der Waals surface area contributed by atoms with Crippen LogP contribution in [0.5, 0.6) is 5.75 Å². The number of aliphatic hydroxyl groups is 3. The van der Waals surface area contributed by atoms with Gasteiger partial charge in [0.05, 0.1) is 20.3 Å². The summed E-state index contributed by atoms with van der Waals surface area (Å²) in [4.78, 5) is 1.93. The first-order valence-corrected chi connectivity index (χ1v) is 6.45. The van der Waals surface area contributed by atoms with Crippen LogP contribution in [0.1, 0.15) is 11.1 Å². The molecule has 0 radical (unpaired) electrons. The van der Waals surface area contributed by atoms with Crippen molar-refractivity contribution in [3.05, 3.63) is 29.3 Å². The molecular weight excluding hydrogens is 258 g/mol. The zero-order valence-electron chi connectivity index (χ0n) is 11.7. The van der Waals surface area contributed by atoms with Gasteiger partial charge in [-0.1, -0.05) is 11.8 Å². The lowest BCUT2D eigenvalue weighted by atomic mass is 10.1. The molecule has 5 heteroatoms. The van der Waals surface area contributed by atoms with Crippen LogP contribution in [0.25, 0.3) is 0 Å². The molecule has 0 atom stereocenters. The molecule has 0 aliphatic rings. The van der Waals surface area contributed by atoms with Gasteiger partial charge in [-0.05, 0) is 18.2 Å². The van der Waals surface area contributed by atoms with Gasteiger partial charge in [-0.25, -0.2) is 0 Å². The predicted octanol–water partition coefficient (Wildman–Crippen LogP) is -0.174. The molecule has 0 aliphatic carbocycles. The van der Waals surface area contributed by atoms with E-state index in [0.717, 1.165) is 16.9 Å². The summed E-state index contributed by atoms with van der Waals surface area (Å²) < 4.78 is 5.31. The summed E-state index contributed by atoms with van der Waals surface area (Å²) in [7, 11) is 1.60. The first kappa shape index (κ1) is 16.5. The van der Waals surface area contributed by atoms with Crippen LogP contribution in [0.4, 0.5) is 0 Å². The van der Waals surface area contributed by atoms with Crippen molar-refractivity contribution in [2.24, 2.45) is 0 Å². The maximum absolute atomic E-state index is 9.03. The molecule has 0 fully saturated rings. The van der Waals surface area contributed by atoms with Gasteiger partial charge < -0.3 is 20.1 Å². The minimum Gasteiger partial charge on any atom is -0.496 e. The Morgan fingerprint density at radius 3 is 2.40 bits per heavy atom. The Hall–Kier alpha value is -1.58. The van der Waals surface area contributed by atoms with Gasteiger partial charge in [0.25, 0.3) is 0 Å². The fraction of sp³-hybridized carbons (Fsp3) is 0.467. The second kappa shape index (κ2) is 9.34. The van der Waals surface area contributed by atoms with Crippen molar-refractivity contribution in [2.45, 2.75) is 6.54 Å². The molecule has 1 aromatic rings. The Balaban J connectivity index is 2.94.